The largest absolute Gasteiger partial charge is 0.361 e. The highest BCUT2D eigenvalue weighted by Crippen LogP contribution is 2.39. The molecule has 3 atom stereocenters. The second-order valence-corrected chi connectivity index (χ2v) is 9.96. The van der Waals surface area contributed by atoms with Gasteiger partial charge in [0.2, 0.25) is 17.5 Å². The molecule has 4 N–H and O–H groups in total. The van der Waals surface area contributed by atoms with E-state index in [1.165, 1.54) is 0 Å². The molecule has 178 valence electrons. The molecular weight excluding hydrogens is 418 g/mol. The van der Waals surface area contributed by atoms with E-state index in [0.717, 1.165) is 35.9 Å². The molecule has 0 saturated carbocycles. The van der Waals surface area contributed by atoms with Crippen LogP contribution in [0.15, 0.2) is 30.5 Å². The van der Waals surface area contributed by atoms with Crippen LogP contribution in [0.2, 0.25) is 0 Å². The number of nitrogens with two attached hydrogens (primary N) is 1. The number of carbonyl (C=O) groups is 3. The van der Waals surface area contributed by atoms with E-state index in [0.29, 0.717) is 25.8 Å². The highest BCUT2D eigenvalue weighted by molar-refractivity contribution is 6.41. The number of nitrogens with one attached hydrogen (secondary N) is 2. The number of nitrogens with zero attached hydrogens (tertiary/aromatic N) is 2. The molecule has 0 bridgehead atoms. The third-order valence-electron chi connectivity index (χ3n) is 7.47. The van der Waals surface area contributed by atoms with Gasteiger partial charge in [-0.05, 0) is 63.2 Å². The highest BCUT2D eigenvalue weighted by Gasteiger charge is 2.54. The summed E-state index contributed by atoms with van der Waals surface area (Å²) in [6, 6.07) is 6.20. The number of ketones is 2. The van der Waals surface area contributed by atoms with Gasteiger partial charge in [-0.25, -0.2) is 5.43 Å². The molecule has 1 aromatic carbocycles. The number of fused-ring (bicyclic) bond motifs is 1. The highest BCUT2D eigenvalue weighted by atomic mass is 16.2. The number of para-hydroxylation sites is 1. The second-order valence-electron chi connectivity index (χ2n) is 9.96. The minimum absolute atomic E-state index is 0.0109. The monoisotopic (exact) mass is 453 g/mol. The number of aromatic amines is 1. The zero-order chi connectivity index (χ0) is 23.8. The van der Waals surface area contributed by atoms with Gasteiger partial charge in [0.1, 0.15) is 5.54 Å². The second kappa shape index (κ2) is 9.37. The van der Waals surface area contributed by atoms with Crippen molar-refractivity contribution in [2.24, 2.45) is 11.8 Å². The number of aromatic nitrogens is 1. The van der Waals surface area contributed by atoms with Crippen molar-refractivity contribution >= 4 is 28.4 Å². The SMILES string of the molecule is CC(C)C[C@@H](C(=O)C(=O)[C@H](Cc1c[nH]c2ccccc12)NN)N1CC[C@@]2(CCCN2C)C1=O. The van der Waals surface area contributed by atoms with Crippen molar-refractivity contribution < 1.29 is 14.4 Å². The molecule has 0 unspecified atom stereocenters. The molecule has 4 rings (SSSR count). The molecule has 8 nitrogen and oxygen atoms in total. The summed E-state index contributed by atoms with van der Waals surface area (Å²) >= 11 is 0. The molecule has 2 fully saturated rings. The van der Waals surface area contributed by atoms with Gasteiger partial charge in [-0.2, -0.15) is 0 Å². The number of amides is 1. The van der Waals surface area contributed by atoms with E-state index in [4.69, 9.17) is 5.84 Å². The Kier molecular flexibility index (Phi) is 6.70. The number of hydrogen-bond donors (Lipinski definition) is 3. The molecular formula is C25H35N5O3. The molecule has 0 radical (unpaired) electrons. The quantitative estimate of drug-likeness (QED) is 0.303. The molecule has 2 aromatic rings. The van der Waals surface area contributed by atoms with E-state index < -0.39 is 29.2 Å². The number of likely N-dealkylation sites (tertiary alicyclic amines) is 2. The lowest BCUT2D eigenvalue weighted by molar-refractivity contribution is -0.147. The van der Waals surface area contributed by atoms with E-state index in [1.807, 2.05) is 51.4 Å². The summed E-state index contributed by atoms with van der Waals surface area (Å²) in [5.74, 6) is 4.80. The van der Waals surface area contributed by atoms with E-state index in [2.05, 4.69) is 15.3 Å². The molecule has 33 heavy (non-hydrogen) atoms. The zero-order valence-corrected chi connectivity index (χ0v) is 19.8. The fourth-order valence-corrected chi connectivity index (χ4v) is 5.58. The third-order valence-corrected chi connectivity index (χ3v) is 7.47. The van der Waals surface area contributed by atoms with Gasteiger partial charge >= 0.3 is 0 Å². The Morgan fingerprint density at radius 2 is 1.94 bits per heavy atom. The first-order chi connectivity index (χ1) is 15.8. The molecule has 2 aliphatic rings. The predicted octanol–water partition coefficient (Wildman–Crippen LogP) is 1.79. The topological polar surface area (TPSA) is 112 Å². The Hall–Kier alpha value is -2.55. The molecule has 2 saturated heterocycles. The van der Waals surface area contributed by atoms with Crippen molar-refractivity contribution in [1.82, 2.24) is 20.2 Å². The Balaban J connectivity index is 1.55. The summed E-state index contributed by atoms with van der Waals surface area (Å²) in [4.78, 5) is 47.4. The van der Waals surface area contributed by atoms with Gasteiger partial charge in [-0.1, -0.05) is 32.0 Å². The Morgan fingerprint density at radius 1 is 1.18 bits per heavy atom. The number of hydrazine groups is 1. The van der Waals surface area contributed by atoms with Crippen LogP contribution in [0.1, 0.15) is 45.1 Å². The molecule has 3 heterocycles. The number of rotatable bonds is 9. The Morgan fingerprint density at radius 3 is 2.61 bits per heavy atom. The number of Topliss-reactive ketones (excluding diaryl/α,β-unsaturated/α-hetero) is 2. The van der Waals surface area contributed by atoms with Crippen LogP contribution < -0.4 is 11.3 Å². The number of hydrogen-bond acceptors (Lipinski definition) is 6. The van der Waals surface area contributed by atoms with E-state index in [9.17, 15) is 14.4 Å². The van der Waals surface area contributed by atoms with E-state index in [1.54, 1.807) is 4.90 Å². The maximum Gasteiger partial charge on any atom is 0.243 e. The Bertz CT molecular complexity index is 1050. The van der Waals surface area contributed by atoms with Gasteiger partial charge in [-0.15, -0.1) is 0 Å². The van der Waals surface area contributed by atoms with Crippen molar-refractivity contribution in [2.75, 3.05) is 20.1 Å². The Labute approximate surface area is 194 Å². The summed E-state index contributed by atoms with van der Waals surface area (Å²) in [6.45, 7) is 5.40. The minimum Gasteiger partial charge on any atom is -0.361 e. The van der Waals surface area contributed by atoms with E-state index in [-0.39, 0.29) is 11.8 Å². The van der Waals surface area contributed by atoms with Gasteiger partial charge in [0.25, 0.3) is 0 Å². The molecule has 1 spiro atoms. The molecule has 1 amide bonds. The van der Waals surface area contributed by atoms with Crippen LogP contribution in [-0.2, 0) is 20.8 Å². The average molecular weight is 454 g/mol. The van der Waals surface area contributed by atoms with Crippen LogP contribution in [-0.4, -0.2) is 70.0 Å². The van der Waals surface area contributed by atoms with E-state index >= 15 is 0 Å². The van der Waals surface area contributed by atoms with Crippen LogP contribution >= 0.6 is 0 Å². The van der Waals surface area contributed by atoms with Crippen LogP contribution in [0.25, 0.3) is 10.9 Å². The first-order valence-corrected chi connectivity index (χ1v) is 11.9. The summed E-state index contributed by atoms with van der Waals surface area (Å²) in [6.07, 6.45) is 5.08. The van der Waals surface area contributed by atoms with Gasteiger partial charge in [-0.3, -0.25) is 25.1 Å². The maximum absolute atomic E-state index is 13.5. The van der Waals surface area contributed by atoms with Crippen LogP contribution in [0.4, 0.5) is 0 Å². The number of benzene rings is 1. The van der Waals surface area contributed by atoms with Gasteiger partial charge in [0.15, 0.2) is 0 Å². The third kappa shape index (κ3) is 4.23. The zero-order valence-electron chi connectivity index (χ0n) is 19.8. The molecule has 1 aromatic heterocycles. The van der Waals surface area contributed by atoms with Gasteiger partial charge in [0.05, 0.1) is 12.1 Å². The lowest BCUT2D eigenvalue weighted by atomic mass is 9.91. The lowest BCUT2D eigenvalue weighted by Crippen LogP contribution is -2.55. The lowest BCUT2D eigenvalue weighted by Gasteiger charge is -2.33. The first kappa shape index (κ1) is 23.6. The van der Waals surface area contributed by atoms with Crippen LogP contribution in [0, 0.1) is 5.92 Å². The summed E-state index contributed by atoms with van der Waals surface area (Å²) in [5, 5.41) is 0.998. The smallest absolute Gasteiger partial charge is 0.243 e. The van der Waals surface area contributed by atoms with Crippen molar-refractivity contribution in [3.8, 4) is 0 Å². The first-order valence-electron chi connectivity index (χ1n) is 11.9. The van der Waals surface area contributed by atoms with Gasteiger partial charge in [0, 0.05) is 23.6 Å². The van der Waals surface area contributed by atoms with Gasteiger partial charge < -0.3 is 9.88 Å². The van der Waals surface area contributed by atoms with Crippen LogP contribution in [0.3, 0.4) is 0 Å². The normalized spacial score (nSPS) is 23.2. The molecule has 8 heteroatoms. The van der Waals surface area contributed by atoms with Crippen molar-refractivity contribution in [3.05, 3.63) is 36.0 Å². The van der Waals surface area contributed by atoms with Crippen molar-refractivity contribution in [3.63, 3.8) is 0 Å². The summed E-state index contributed by atoms with van der Waals surface area (Å²) in [7, 11) is 1.98. The maximum atomic E-state index is 13.5. The van der Waals surface area contributed by atoms with Crippen molar-refractivity contribution in [1.29, 1.82) is 0 Å². The van der Waals surface area contributed by atoms with Crippen molar-refractivity contribution in [2.45, 2.75) is 63.6 Å². The standard InChI is InChI=1S/C25H35N5O3/c1-16(2)13-21(30-12-10-25(24(30)33)9-6-11-29(25)3)23(32)22(31)20(28-26)14-17-15-27-19-8-5-4-7-18(17)19/h4-5,7-8,15-16,20-21,27-28H,6,9-14,26H2,1-3H3/t20-,21-,25-/m0/s1. The predicted molar refractivity (Wildman–Crippen MR) is 127 cm³/mol. The number of H-pyrrole nitrogens is 1. The van der Waals surface area contributed by atoms with Crippen LogP contribution in [0.5, 0.6) is 0 Å². The fraction of sp³-hybridized carbons (Fsp3) is 0.560. The fourth-order valence-electron chi connectivity index (χ4n) is 5.58. The number of likely N-dealkylation sites (N-methyl/N-ethyl adjacent to an activating group) is 1. The molecule has 0 aliphatic carbocycles. The number of carbonyl (C=O) groups excluding carboxylic acids is 3. The summed E-state index contributed by atoms with van der Waals surface area (Å²) in [5.41, 5.74) is 3.92. The minimum atomic E-state index is -0.854. The summed E-state index contributed by atoms with van der Waals surface area (Å²) < 4.78 is 0. The molecule has 2 aliphatic heterocycles. The average Bonchev–Trinajstić information content (AvgIpc) is 3.48.